The molecular formula is C11H18BrN3O2. The Hall–Kier alpha value is -0.880. The molecule has 1 aromatic heterocycles. The molecule has 0 fully saturated rings. The molecule has 0 radical (unpaired) electrons. The van der Waals surface area contributed by atoms with Crippen molar-refractivity contribution in [2.45, 2.75) is 19.8 Å². The zero-order chi connectivity index (χ0) is 12.7. The van der Waals surface area contributed by atoms with Gasteiger partial charge in [0.05, 0.1) is 11.9 Å². The van der Waals surface area contributed by atoms with E-state index in [1.54, 1.807) is 13.2 Å². The van der Waals surface area contributed by atoms with Crippen LogP contribution >= 0.6 is 15.9 Å². The van der Waals surface area contributed by atoms with E-state index in [2.05, 4.69) is 33.3 Å². The van der Waals surface area contributed by atoms with Crippen LogP contribution in [0, 0.1) is 0 Å². The predicted octanol–water partition coefficient (Wildman–Crippen LogP) is 1.77. The first kappa shape index (κ1) is 14.2. The second kappa shape index (κ2) is 7.45. The first-order chi connectivity index (χ1) is 8.16. The fourth-order valence-electron chi connectivity index (χ4n) is 1.28. The maximum atomic E-state index is 11.6. The van der Waals surface area contributed by atoms with Crippen molar-refractivity contribution in [2.75, 3.05) is 25.1 Å². The molecule has 1 N–H and O–H groups in total. The molecule has 0 unspecified atom stereocenters. The van der Waals surface area contributed by atoms with Crippen LogP contribution in [0.1, 0.15) is 19.8 Å². The molecule has 5 nitrogen and oxygen atoms in total. The number of hydrogen-bond acceptors (Lipinski definition) is 4. The molecule has 0 aliphatic carbocycles. The first-order valence-electron chi connectivity index (χ1n) is 5.70. The van der Waals surface area contributed by atoms with Gasteiger partial charge in [-0.2, -0.15) is 5.10 Å². The molecule has 1 aromatic rings. The van der Waals surface area contributed by atoms with Gasteiger partial charge in [-0.3, -0.25) is 4.79 Å². The molecule has 0 atom stereocenters. The van der Waals surface area contributed by atoms with Gasteiger partial charge in [0.1, 0.15) is 4.47 Å². The second-order valence-corrected chi connectivity index (χ2v) is 4.49. The number of aromatic nitrogens is 2. The van der Waals surface area contributed by atoms with E-state index in [-0.39, 0.29) is 5.56 Å². The number of halogens is 1. The summed E-state index contributed by atoms with van der Waals surface area (Å²) in [5.41, 5.74) is 0.584. The summed E-state index contributed by atoms with van der Waals surface area (Å²) in [5, 5.41) is 7.10. The molecule has 96 valence electrons. The monoisotopic (exact) mass is 303 g/mol. The molecule has 17 heavy (non-hydrogen) atoms. The van der Waals surface area contributed by atoms with Crippen molar-refractivity contribution >= 4 is 21.6 Å². The molecule has 6 heteroatoms. The van der Waals surface area contributed by atoms with Crippen LogP contribution in [0.15, 0.2) is 15.5 Å². The normalized spacial score (nSPS) is 10.5. The minimum absolute atomic E-state index is 0.141. The highest BCUT2D eigenvalue weighted by Gasteiger charge is 2.05. The van der Waals surface area contributed by atoms with Gasteiger partial charge in [-0.15, -0.1) is 0 Å². The maximum Gasteiger partial charge on any atom is 0.282 e. The third-order valence-corrected chi connectivity index (χ3v) is 2.97. The SMILES string of the molecule is CCCOCCCNc1cnn(C)c(=O)c1Br. The number of ether oxygens (including phenoxy) is 1. The quantitative estimate of drug-likeness (QED) is 0.780. The van der Waals surface area contributed by atoms with Crippen molar-refractivity contribution in [1.82, 2.24) is 9.78 Å². The van der Waals surface area contributed by atoms with Crippen molar-refractivity contribution in [1.29, 1.82) is 0 Å². The van der Waals surface area contributed by atoms with Crippen LogP contribution in [0.2, 0.25) is 0 Å². The Morgan fingerprint density at radius 1 is 1.53 bits per heavy atom. The van der Waals surface area contributed by atoms with Crippen LogP contribution in [-0.4, -0.2) is 29.5 Å². The highest BCUT2D eigenvalue weighted by Crippen LogP contribution is 2.15. The standard InChI is InChI=1S/C11H18BrN3O2/c1-3-6-17-7-4-5-13-9-8-14-15(2)11(16)10(9)12/h8,13H,3-7H2,1-2H3. The molecule has 0 aromatic carbocycles. The minimum Gasteiger partial charge on any atom is -0.383 e. The molecule has 0 saturated carbocycles. The summed E-state index contributed by atoms with van der Waals surface area (Å²) in [4.78, 5) is 11.6. The summed E-state index contributed by atoms with van der Waals surface area (Å²) in [7, 11) is 1.62. The predicted molar refractivity (Wildman–Crippen MR) is 71.4 cm³/mol. The number of hydrogen-bond donors (Lipinski definition) is 1. The molecule has 0 saturated heterocycles. The van der Waals surface area contributed by atoms with Crippen LogP contribution in [0.5, 0.6) is 0 Å². The Kier molecular flexibility index (Phi) is 6.21. The molecule has 1 rings (SSSR count). The van der Waals surface area contributed by atoms with Crippen molar-refractivity contribution in [3.05, 3.63) is 21.0 Å². The Bertz CT molecular complexity index is 406. The van der Waals surface area contributed by atoms with Gasteiger partial charge < -0.3 is 10.1 Å². The van der Waals surface area contributed by atoms with Crippen LogP contribution in [0.3, 0.4) is 0 Å². The summed E-state index contributed by atoms with van der Waals surface area (Å²) in [5.74, 6) is 0. The number of anilines is 1. The summed E-state index contributed by atoms with van der Waals surface area (Å²) < 4.78 is 7.17. The number of nitrogens with zero attached hydrogens (tertiary/aromatic N) is 2. The largest absolute Gasteiger partial charge is 0.383 e. The third kappa shape index (κ3) is 4.47. The van der Waals surface area contributed by atoms with Gasteiger partial charge in [0.2, 0.25) is 0 Å². The average Bonchev–Trinajstić information content (AvgIpc) is 2.33. The van der Waals surface area contributed by atoms with E-state index in [9.17, 15) is 4.79 Å². The van der Waals surface area contributed by atoms with Crippen molar-refractivity contribution < 1.29 is 4.74 Å². The minimum atomic E-state index is -0.141. The molecule has 1 heterocycles. The fourth-order valence-corrected chi connectivity index (χ4v) is 1.78. The first-order valence-corrected chi connectivity index (χ1v) is 6.49. The van der Waals surface area contributed by atoms with Gasteiger partial charge in [0.15, 0.2) is 0 Å². The molecule has 0 spiro atoms. The zero-order valence-corrected chi connectivity index (χ0v) is 11.8. The zero-order valence-electron chi connectivity index (χ0n) is 10.2. The maximum absolute atomic E-state index is 11.6. The van der Waals surface area contributed by atoms with Crippen LogP contribution in [0.4, 0.5) is 5.69 Å². The van der Waals surface area contributed by atoms with Crippen LogP contribution in [0.25, 0.3) is 0 Å². The van der Waals surface area contributed by atoms with Gasteiger partial charge in [-0.1, -0.05) is 6.92 Å². The lowest BCUT2D eigenvalue weighted by atomic mass is 10.4. The summed E-state index contributed by atoms with van der Waals surface area (Å²) in [6.07, 6.45) is 3.58. The van der Waals surface area contributed by atoms with E-state index < -0.39 is 0 Å². The third-order valence-electron chi connectivity index (χ3n) is 2.21. The van der Waals surface area contributed by atoms with Gasteiger partial charge in [-0.05, 0) is 28.8 Å². The van der Waals surface area contributed by atoms with E-state index in [1.807, 2.05) is 0 Å². The molecule has 0 amide bonds. The van der Waals surface area contributed by atoms with E-state index in [0.717, 1.165) is 38.3 Å². The van der Waals surface area contributed by atoms with Gasteiger partial charge in [0, 0.05) is 26.8 Å². The Morgan fingerprint density at radius 2 is 2.29 bits per heavy atom. The smallest absolute Gasteiger partial charge is 0.282 e. The van der Waals surface area contributed by atoms with Gasteiger partial charge >= 0.3 is 0 Å². The van der Waals surface area contributed by atoms with Crippen molar-refractivity contribution in [2.24, 2.45) is 7.05 Å². The highest BCUT2D eigenvalue weighted by molar-refractivity contribution is 9.10. The summed E-state index contributed by atoms with van der Waals surface area (Å²) in [6, 6.07) is 0. The number of rotatable bonds is 7. The van der Waals surface area contributed by atoms with E-state index >= 15 is 0 Å². The number of nitrogens with one attached hydrogen (secondary N) is 1. The van der Waals surface area contributed by atoms with Crippen LogP contribution < -0.4 is 10.9 Å². The summed E-state index contributed by atoms with van der Waals surface area (Å²) >= 11 is 3.26. The lowest BCUT2D eigenvalue weighted by Crippen LogP contribution is -2.21. The van der Waals surface area contributed by atoms with Crippen molar-refractivity contribution in [3.63, 3.8) is 0 Å². The topological polar surface area (TPSA) is 56.1 Å². The average molecular weight is 304 g/mol. The van der Waals surface area contributed by atoms with Gasteiger partial charge in [0.25, 0.3) is 5.56 Å². The fraction of sp³-hybridized carbons (Fsp3) is 0.636. The number of aryl methyl sites for hydroxylation is 1. The van der Waals surface area contributed by atoms with Gasteiger partial charge in [-0.25, -0.2) is 4.68 Å². The molecule has 0 aliphatic rings. The van der Waals surface area contributed by atoms with E-state index in [4.69, 9.17) is 4.74 Å². The lowest BCUT2D eigenvalue weighted by Gasteiger charge is -2.08. The summed E-state index contributed by atoms with van der Waals surface area (Å²) in [6.45, 7) is 4.38. The van der Waals surface area contributed by atoms with E-state index in [1.165, 1.54) is 4.68 Å². The Labute approximate surface area is 109 Å². The van der Waals surface area contributed by atoms with E-state index in [0.29, 0.717) is 4.47 Å². The Balaban J connectivity index is 2.37. The molecular weight excluding hydrogens is 286 g/mol. The van der Waals surface area contributed by atoms with Crippen molar-refractivity contribution in [3.8, 4) is 0 Å². The Morgan fingerprint density at radius 3 is 3.00 bits per heavy atom. The second-order valence-electron chi connectivity index (χ2n) is 3.69. The highest BCUT2D eigenvalue weighted by atomic mass is 79.9. The molecule has 0 bridgehead atoms. The lowest BCUT2D eigenvalue weighted by molar-refractivity contribution is 0.134. The molecule has 0 aliphatic heterocycles. The van der Waals surface area contributed by atoms with Crippen LogP contribution in [-0.2, 0) is 11.8 Å².